The third-order valence-electron chi connectivity index (χ3n) is 6.99. The van der Waals surface area contributed by atoms with Gasteiger partial charge in [0.15, 0.2) is 0 Å². The summed E-state index contributed by atoms with van der Waals surface area (Å²) in [6, 6.07) is 16.4. The van der Waals surface area contributed by atoms with Crippen LogP contribution in [-0.2, 0) is 11.2 Å². The molecular formula is C28H37N3O5. The smallest absolute Gasteiger partial charge is 0.248 e. The Morgan fingerprint density at radius 1 is 1.06 bits per heavy atom. The second kappa shape index (κ2) is 12.5. The Hall–Kier alpha value is -2.75. The van der Waals surface area contributed by atoms with Gasteiger partial charge in [-0.25, -0.2) is 0 Å². The average molecular weight is 496 g/mol. The molecule has 3 aromatic rings. The molecule has 194 valence electrons. The highest BCUT2D eigenvalue weighted by molar-refractivity contribution is 5.87. The van der Waals surface area contributed by atoms with Crippen LogP contribution in [0, 0.1) is 0 Å². The van der Waals surface area contributed by atoms with Crippen LogP contribution in [0.15, 0.2) is 59.4 Å². The quantitative estimate of drug-likeness (QED) is 0.245. The molecule has 1 fully saturated rings. The maximum Gasteiger partial charge on any atom is 0.248 e. The first kappa shape index (κ1) is 26.3. The number of fused-ring (bicyclic) bond motifs is 1. The van der Waals surface area contributed by atoms with Crippen LogP contribution in [-0.4, -0.2) is 76.7 Å². The van der Waals surface area contributed by atoms with Crippen LogP contribution in [0.25, 0.3) is 10.9 Å². The van der Waals surface area contributed by atoms with Gasteiger partial charge in [-0.2, -0.15) is 0 Å². The first-order chi connectivity index (χ1) is 17.4. The number of benzene rings is 2. The van der Waals surface area contributed by atoms with Crippen LogP contribution in [0.3, 0.4) is 0 Å². The Morgan fingerprint density at radius 2 is 1.83 bits per heavy atom. The number of aromatic amines is 1. The molecule has 0 spiro atoms. The number of aromatic hydroxyl groups is 1. The van der Waals surface area contributed by atoms with Crippen LogP contribution >= 0.6 is 0 Å². The second-order valence-corrected chi connectivity index (χ2v) is 9.70. The topological polar surface area (TPSA) is 118 Å². The Bertz CT molecular complexity index is 1160. The first-order valence-corrected chi connectivity index (χ1v) is 12.7. The van der Waals surface area contributed by atoms with Gasteiger partial charge in [-0.15, -0.1) is 0 Å². The van der Waals surface area contributed by atoms with Crippen LogP contribution in [0.2, 0.25) is 0 Å². The minimum absolute atomic E-state index is 0.0357. The number of ether oxygens (including phenoxy) is 1. The molecule has 0 amide bonds. The third kappa shape index (κ3) is 7.15. The molecule has 1 aromatic heterocycles. The van der Waals surface area contributed by atoms with Crippen molar-refractivity contribution >= 4 is 10.9 Å². The lowest BCUT2D eigenvalue weighted by atomic mass is 9.91. The fourth-order valence-corrected chi connectivity index (χ4v) is 4.80. The summed E-state index contributed by atoms with van der Waals surface area (Å²) in [5, 5.41) is 35.5. The number of nitrogens with zero attached hydrogens (tertiary/aromatic N) is 1. The Balaban J connectivity index is 1.14. The summed E-state index contributed by atoms with van der Waals surface area (Å²) in [5.74, 6) is -0.0357. The van der Waals surface area contributed by atoms with Crippen molar-refractivity contribution in [3.05, 3.63) is 76.1 Å². The lowest BCUT2D eigenvalue weighted by molar-refractivity contribution is -0.0228. The number of pyridine rings is 1. The van der Waals surface area contributed by atoms with Gasteiger partial charge in [-0.3, -0.25) is 4.79 Å². The van der Waals surface area contributed by atoms with Gasteiger partial charge in [0.2, 0.25) is 5.56 Å². The molecule has 0 saturated carbocycles. The lowest BCUT2D eigenvalue weighted by Crippen LogP contribution is -2.50. The highest BCUT2D eigenvalue weighted by Crippen LogP contribution is 2.29. The Labute approximate surface area is 211 Å². The molecule has 0 bridgehead atoms. The summed E-state index contributed by atoms with van der Waals surface area (Å²) in [7, 11) is 0. The van der Waals surface area contributed by atoms with Crippen molar-refractivity contribution in [3.63, 3.8) is 0 Å². The number of H-pyrrole nitrogens is 1. The van der Waals surface area contributed by atoms with E-state index in [2.05, 4.69) is 27.3 Å². The van der Waals surface area contributed by atoms with Crippen molar-refractivity contribution in [2.45, 2.75) is 37.4 Å². The normalized spacial score (nSPS) is 16.8. The van der Waals surface area contributed by atoms with E-state index in [1.165, 1.54) is 17.7 Å². The fourth-order valence-electron chi connectivity index (χ4n) is 4.80. The molecule has 8 heteroatoms. The summed E-state index contributed by atoms with van der Waals surface area (Å²) in [4.78, 5) is 16.6. The highest BCUT2D eigenvalue weighted by atomic mass is 16.5. The molecule has 1 aliphatic rings. The zero-order valence-corrected chi connectivity index (χ0v) is 20.7. The van der Waals surface area contributed by atoms with Gasteiger partial charge in [0.05, 0.1) is 23.8 Å². The van der Waals surface area contributed by atoms with Crippen LogP contribution in [0.5, 0.6) is 5.75 Å². The van der Waals surface area contributed by atoms with E-state index in [0.717, 1.165) is 45.7 Å². The summed E-state index contributed by atoms with van der Waals surface area (Å²) < 4.78 is 5.78. The van der Waals surface area contributed by atoms with E-state index in [1.807, 2.05) is 18.2 Å². The third-order valence-corrected chi connectivity index (χ3v) is 6.99. The van der Waals surface area contributed by atoms with Gasteiger partial charge in [0, 0.05) is 50.8 Å². The van der Waals surface area contributed by atoms with Crippen molar-refractivity contribution in [1.82, 2.24) is 15.2 Å². The van der Waals surface area contributed by atoms with Crippen molar-refractivity contribution < 1.29 is 20.1 Å². The molecule has 0 unspecified atom stereocenters. The van der Waals surface area contributed by atoms with E-state index in [1.54, 1.807) is 12.1 Å². The van der Waals surface area contributed by atoms with Crippen molar-refractivity contribution in [2.75, 3.05) is 45.9 Å². The molecule has 2 heterocycles. The molecule has 0 aliphatic carbocycles. The fraction of sp³-hybridized carbons (Fsp3) is 0.464. The van der Waals surface area contributed by atoms with E-state index < -0.39 is 11.7 Å². The molecule has 5 N–H and O–H groups in total. The maximum atomic E-state index is 11.6. The molecule has 4 rings (SSSR count). The SMILES string of the molecule is O=c1ccc2c([C@@H](O)CNCC3(O)CCN(CCCOCCc4ccccc4)CC3)ccc(O)c2[nH]1. The predicted octanol–water partition coefficient (Wildman–Crippen LogP) is 2.33. The summed E-state index contributed by atoms with van der Waals surface area (Å²) in [5.41, 5.74) is 1.10. The van der Waals surface area contributed by atoms with E-state index in [9.17, 15) is 20.1 Å². The zero-order chi connectivity index (χ0) is 25.4. The second-order valence-electron chi connectivity index (χ2n) is 9.70. The van der Waals surface area contributed by atoms with Gasteiger partial charge in [0.25, 0.3) is 0 Å². The molecule has 2 aromatic carbocycles. The number of likely N-dealkylation sites (tertiary alicyclic amines) is 1. The van der Waals surface area contributed by atoms with Crippen molar-refractivity contribution in [3.8, 4) is 5.75 Å². The Morgan fingerprint density at radius 3 is 2.61 bits per heavy atom. The van der Waals surface area contributed by atoms with Gasteiger partial charge in [0.1, 0.15) is 5.75 Å². The van der Waals surface area contributed by atoms with Crippen LogP contribution in [0.1, 0.15) is 36.5 Å². The number of piperidine rings is 1. The number of aliphatic hydroxyl groups is 2. The number of phenols is 1. The lowest BCUT2D eigenvalue weighted by Gasteiger charge is -2.38. The van der Waals surface area contributed by atoms with Gasteiger partial charge >= 0.3 is 0 Å². The number of hydrogen-bond acceptors (Lipinski definition) is 7. The number of rotatable bonds is 12. The number of nitrogens with one attached hydrogen (secondary N) is 2. The predicted molar refractivity (Wildman–Crippen MR) is 140 cm³/mol. The van der Waals surface area contributed by atoms with E-state index >= 15 is 0 Å². The molecule has 0 radical (unpaired) electrons. The minimum atomic E-state index is -0.843. The molecular weight excluding hydrogens is 458 g/mol. The zero-order valence-electron chi connectivity index (χ0n) is 20.7. The molecule has 1 saturated heterocycles. The highest BCUT2D eigenvalue weighted by Gasteiger charge is 2.32. The molecule has 36 heavy (non-hydrogen) atoms. The molecule has 1 atom stereocenters. The number of aromatic nitrogens is 1. The number of aliphatic hydroxyl groups excluding tert-OH is 1. The van der Waals surface area contributed by atoms with Crippen LogP contribution in [0.4, 0.5) is 0 Å². The summed E-state index contributed by atoms with van der Waals surface area (Å²) in [6.07, 6.45) is 2.41. The molecule has 1 aliphatic heterocycles. The maximum absolute atomic E-state index is 11.6. The van der Waals surface area contributed by atoms with Gasteiger partial charge < -0.3 is 35.3 Å². The number of phenolic OH excluding ortho intramolecular Hbond substituents is 1. The van der Waals surface area contributed by atoms with E-state index in [4.69, 9.17) is 4.74 Å². The largest absolute Gasteiger partial charge is 0.506 e. The van der Waals surface area contributed by atoms with Crippen molar-refractivity contribution in [2.24, 2.45) is 0 Å². The monoisotopic (exact) mass is 495 g/mol. The Kier molecular flexibility index (Phi) is 9.12. The summed E-state index contributed by atoms with van der Waals surface area (Å²) >= 11 is 0. The first-order valence-electron chi connectivity index (χ1n) is 12.7. The standard InChI is InChI=1S/C28H37N3O5/c32-24-9-7-22(23-8-10-26(34)30-27(23)24)25(33)19-29-20-28(35)12-15-31(16-13-28)14-4-17-36-18-11-21-5-2-1-3-6-21/h1-3,5-10,25,29,32-33,35H,4,11-20H2,(H,30,34)/t25-/m0/s1. The minimum Gasteiger partial charge on any atom is -0.506 e. The summed E-state index contributed by atoms with van der Waals surface area (Å²) in [6.45, 7) is 4.76. The van der Waals surface area contributed by atoms with Crippen LogP contribution < -0.4 is 10.9 Å². The van der Waals surface area contributed by atoms with E-state index in [0.29, 0.717) is 35.9 Å². The molecule has 8 nitrogen and oxygen atoms in total. The van der Waals surface area contributed by atoms with Gasteiger partial charge in [-0.05, 0) is 48.9 Å². The number of hydrogen-bond donors (Lipinski definition) is 5. The average Bonchev–Trinajstić information content (AvgIpc) is 2.88. The van der Waals surface area contributed by atoms with Gasteiger partial charge in [-0.1, -0.05) is 36.4 Å². The van der Waals surface area contributed by atoms with E-state index in [-0.39, 0.29) is 17.9 Å². The van der Waals surface area contributed by atoms with Crippen molar-refractivity contribution in [1.29, 1.82) is 0 Å².